The number of benzene rings is 1. The van der Waals surface area contributed by atoms with Crippen LogP contribution >= 0.6 is 0 Å². The first-order valence-electron chi connectivity index (χ1n) is 6.13. The maximum atomic E-state index is 11.6. The van der Waals surface area contributed by atoms with Crippen LogP contribution in [0.25, 0.3) is 0 Å². The molecule has 0 atom stereocenters. The van der Waals surface area contributed by atoms with Crippen molar-refractivity contribution < 1.29 is 9.53 Å². The molecule has 1 aromatic carbocycles. The van der Waals surface area contributed by atoms with E-state index in [0.29, 0.717) is 12.3 Å². The molecule has 0 saturated heterocycles. The summed E-state index contributed by atoms with van der Waals surface area (Å²) < 4.78 is 5.45. The minimum Gasteiger partial charge on any atom is -0.484 e. The number of hydrogen-bond acceptors (Lipinski definition) is 3. The lowest BCUT2D eigenvalue weighted by atomic mass is 10.1. The summed E-state index contributed by atoms with van der Waals surface area (Å²) >= 11 is 0. The second-order valence-corrected chi connectivity index (χ2v) is 5.27. The number of amides is 1. The van der Waals surface area contributed by atoms with Crippen molar-refractivity contribution in [1.82, 2.24) is 5.32 Å². The smallest absolute Gasteiger partial charge is 0.258 e. The average molecular weight is 250 g/mol. The third-order valence-electron chi connectivity index (χ3n) is 2.22. The molecule has 0 bridgehead atoms. The molecule has 4 nitrogen and oxygen atoms in total. The number of hydrogen-bond donors (Lipinski definition) is 2. The zero-order valence-corrected chi connectivity index (χ0v) is 11.3. The van der Waals surface area contributed by atoms with E-state index in [0.717, 1.165) is 12.0 Å². The largest absolute Gasteiger partial charge is 0.484 e. The molecular weight excluding hydrogens is 228 g/mol. The van der Waals surface area contributed by atoms with Gasteiger partial charge < -0.3 is 15.8 Å². The van der Waals surface area contributed by atoms with E-state index < -0.39 is 0 Å². The van der Waals surface area contributed by atoms with Crippen LogP contribution in [0.15, 0.2) is 24.3 Å². The molecule has 18 heavy (non-hydrogen) atoms. The summed E-state index contributed by atoms with van der Waals surface area (Å²) in [5.74, 6) is 0.580. The van der Waals surface area contributed by atoms with Gasteiger partial charge in [0.15, 0.2) is 6.61 Å². The molecule has 4 heteroatoms. The van der Waals surface area contributed by atoms with Gasteiger partial charge in [-0.1, -0.05) is 12.1 Å². The van der Waals surface area contributed by atoms with Crippen LogP contribution in [0.3, 0.4) is 0 Å². The molecule has 0 aromatic heterocycles. The molecule has 0 aliphatic heterocycles. The molecule has 0 unspecified atom stereocenters. The quantitative estimate of drug-likeness (QED) is 0.832. The summed E-state index contributed by atoms with van der Waals surface area (Å²) in [7, 11) is 0. The second-order valence-electron chi connectivity index (χ2n) is 5.27. The summed E-state index contributed by atoms with van der Waals surface area (Å²) in [5, 5.41) is 2.85. The van der Waals surface area contributed by atoms with Crippen molar-refractivity contribution in [2.45, 2.75) is 32.7 Å². The van der Waals surface area contributed by atoms with E-state index >= 15 is 0 Å². The van der Waals surface area contributed by atoms with E-state index in [2.05, 4.69) is 5.32 Å². The van der Waals surface area contributed by atoms with Gasteiger partial charge >= 0.3 is 0 Å². The zero-order valence-electron chi connectivity index (χ0n) is 11.3. The van der Waals surface area contributed by atoms with Gasteiger partial charge in [0.25, 0.3) is 5.91 Å². The van der Waals surface area contributed by atoms with Crippen molar-refractivity contribution in [2.75, 3.05) is 13.2 Å². The lowest BCUT2D eigenvalue weighted by Crippen LogP contribution is -2.43. The molecular formula is C14H22N2O2. The van der Waals surface area contributed by atoms with E-state index in [1.54, 1.807) is 0 Å². The minimum atomic E-state index is -0.234. The average Bonchev–Trinajstić information content (AvgIpc) is 2.25. The Kier molecular flexibility index (Phi) is 5.16. The van der Waals surface area contributed by atoms with Gasteiger partial charge in [0.2, 0.25) is 0 Å². The van der Waals surface area contributed by atoms with Crippen LogP contribution in [-0.2, 0) is 11.2 Å². The summed E-state index contributed by atoms with van der Waals surface area (Å²) in [6.07, 6.45) is 0.811. The Bertz CT molecular complexity index is 397. The maximum Gasteiger partial charge on any atom is 0.258 e. The van der Waals surface area contributed by atoms with Crippen LogP contribution in [0.1, 0.15) is 26.3 Å². The third kappa shape index (κ3) is 5.68. The molecule has 0 aliphatic carbocycles. The molecule has 0 spiro atoms. The van der Waals surface area contributed by atoms with Gasteiger partial charge in [0, 0.05) is 5.54 Å². The Morgan fingerprint density at radius 2 is 2.11 bits per heavy atom. The summed E-state index contributed by atoms with van der Waals surface area (Å²) in [6, 6.07) is 7.65. The fourth-order valence-corrected chi connectivity index (χ4v) is 1.56. The van der Waals surface area contributed by atoms with Crippen molar-refractivity contribution >= 4 is 5.91 Å². The second kappa shape index (κ2) is 6.40. The highest BCUT2D eigenvalue weighted by Crippen LogP contribution is 2.13. The lowest BCUT2D eigenvalue weighted by Gasteiger charge is -2.20. The third-order valence-corrected chi connectivity index (χ3v) is 2.22. The fraction of sp³-hybridized carbons (Fsp3) is 0.500. The fourth-order valence-electron chi connectivity index (χ4n) is 1.56. The Hall–Kier alpha value is -1.55. The van der Waals surface area contributed by atoms with Gasteiger partial charge in [0.1, 0.15) is 5.75 Å². The monoisotopic (exact) mass is 250 g/mol. The zero-order chi connectivity index (χ0) is 13.6. The Labute approximate surface area is 109 Å². The highest BCUT2D eigenvalue weighted by atomic mass is 16.5. The molecule has 0 heterocycles. The first kappa shape index (κ1) is 14.5. The van der Waals surface area contributed by atoms with Crippen molar-refractivity contribution in [3.63, 3.8) is 0 Å². The van der Waals surface area contributed by atoms with E-state index in [9.17, 15) is 4.79 Å². The van der Waals surface area contributed by atoms with Gasteiger partial charge in [-0.25, -0.2) is 0 Å². The number of nitrogens with two attached hydrogens (primary N) is 1. The molecule has 0 fully saturated rings. The summed E-state index contributed by atoms with van der Waals surface area (Å²) in [5.41, 5.74) is 6.38. The highest BCUT2D eigenvalue weighted by molar-refractivity contribution is 5.78. The SMILES string of the molecule is CC(C)(C)NC(=O)COc1cccc(CCN)c1. The molecule has 0 aliphatic rings. The molecule has 1 rings (SSSR count). The summed E-state index contributed by atoms with van der Waals surface area (Å²) in [6.45, 7) is 6.45. The number of ether oxygens (including phenoxy) is 1. The topological polar surface area (TPSA) is 64.3 Å². The predicted molar refractivity (Wildman–Crippen MR) is 72.6 cm³/mol. The van der Waals surface area contributed by atoms with Crippen molar-refractivity contribution in [3.05, 3.63) is 29.8 Å². The molecule has 0 radical (unpaired) electrons. The van der Waals surface area contributed by atoms with Crippen molar-refractivity contribution in [1.29, 1.82) is 0 Å². The van der Waals surface area contributed by atoms with Crippen LogP contribution in [0.2, 0.25) is 0 Å². The lowest BCUT2D eigenvalue weighted by molar-refractivity contribution is -0.124. The van der Waals surface area contributed by atoms with Gasteiger partial charge in [-0.2, -0.15) is 0 Å². The van der Waals surface area contributed by atoms with E-state index in [1.807, 2.05) is 45.0 Å². The van der Waals surface area contributed by atoms with Crippen LogP contribution < -0.4 is 15.8 Å². The number of nitrogens with one attached hydrogen (secondary N) is 1. The molecule has 0 saturated carbocycles. The first-order valence-corrected chi connectivity index (χ1v) is 6.13. The van der Waals surface area contributed by atoms with Crippen molar-refractivity contribution in [2.24, 2.45) is 5.73 Å². The molecule has 1 aromatic rings. The van der Waals surface area contributed by atoms with Gasteiger partial charge in [-0.05, 0) is 51.4 Å². The van der Waals surface area contributed by atoms with Crippen LogP contribution in [-0.4, -0.2) is 24.6 Å². The van der Waals surface area contributed by atoms with E-state index in [4.69, 9.17) is 10.5 Å². The summed E-state index contributed by atoms with van der Waals surface area (Å²) in [4.78, 5) is 11.6. The Morgan fingerprint density at radius 1 is 1.39 bits per heavy atom. The Balaban J connectivity index is 2.48. The standard InChI is InChI=1S/C14H22N2O2/c1-14(2,3)16-13(17)10-18-12-6-4-5-11(9-12)7-8-15/h4-6,9H,7-8,10,15H2,1-3H3,(H,16,17). The first-order chi connectivity index (χ1) is 8.40. The molecule has 1 amide bonds. The molecule has 3 N–H and O–H groups in total. The molecule has 100 valence electrons. The normalized spacial score (nSPS) is 11.1. The number of carbonyl (C=O) groups is 1. The van der Waals surface area contributed by atoms with E-state index in [1.165, 1.54) is 0 Å². The number of carbonyl (C=O) groups excluding carboxylic acids is 1. The minimum absolute atomic E-state index is 0.0311. The van der Waals surface area contributed by atoms with Crippen LogP contribution in [0.4, 0.5) is 0 Å². The van der Waals surface area contributed by atoms with E-state index in [-0.39, 0.29) is 18.1 Å². The highest BCUT2D eigenvalue weighted by Gasteiger charge is 2.13. The van der Waals surface area contributed by atoms with Crippen LogP contribution in [0, 0.1) is 0 Å². The Morgan fingerprint density at radius 3 is 2.72 bits per heavy atom. The van der Waals surface area contributed by atoms with Gasteiger partial charge in [-0.3, -0.25) is 4.79 Å². The van der Waals surface area contributed by atoms with Crippen LogP contribution in [0.5, 0.6) is 5.75 Å². The van der Waals surface area contributed by atoms with Crippen molar-refractivity contribution in [3.8, 4) is 5.75 Å². The van der Waals surface area contributed by atoms with Gasteiger partial charge in [-0.15, -0.1) is 0 Å². The predicted octanol–water partition coefficient (Wildman–Crippen LogP) is 1.48. The maximum absolute atomic E-state index is 11.6. The number of rotatable bonds is 5. The van der Waals surface area contributed by atoms with Gasteiger partial charge in [0.05, 0.1) is 0 Å².